The minimum atomic E-state index is -4.37. The van der Waals surface area contributed by atoms with Crippen molar-refractivity contribution in [3.63, 3.8) is 0 Å². The summed E-state index contributed by atoms with van der Waals surface area (Å²) in [4.78, 5) is 4.33. The van der Waals surface area contributed by atoms with Gasteiger partial charge in [0, 0.05) is 0 Å². The van der Waals surface area contributed by atoms with Crippen molar-refractivity contribution in [2.45, 2.75) is 19.1 Å². The maximum Gasteiger partial charge on any atom is 0.413 e. The van der Waals surface area contributed by atoms with E-state index in [-0.39, 0.29) is 0 Å². The molecule has 1 unspecified atom stereocenters. The van der Waals surface area contributed by atoms with E-state index in [2.05, 4.69) is 10.3 Å². The van der Waals surface area contributed by atoms with Gasteiger partial charge in [-0.1, -0.05) is 35.3 Å². The van der Waals surface area contributed by atoms with E-state index in [1.54, 1.807) is 25.1 Å². The molecule has 0 saturated carbocycles. The highest BCUT2D eigenvalue weighted by atomic mass is 35.5. The van der Waals surface area contributed by atoms with Gasteiger partial charge in [-0.05, 0) is 18.6 Å². The summed E-state index contributed by atoms with van der Waals surface area (Å²) in [7, 11) is 0. The molecule has 0 aliphatic carbocycles. The van der Waals surface area contributed by atoms with Gasteiger partial charge in [0.05, 0.1) is 16.1 Å². The summed E-state index contributed by atoms with van der Waals surface area (Å²) in [6, 6.07) is 4.41. The molecule has 7 heteroatoms. The zero-order valence-electron chi connectivity index (χ0n) is 8.81. The van der Waals surface area contributed by atoms with Crippen LogP contribution < -0.4 is 5.48 Å². The van der Waals surface area contributed by atoms with E-state index in [4.69, 9.17) is 23.2 Å². The van der Waals surface area contributed by atoms with Crippen molar-refractivity contribution < 1.29 is 18.0 Å². The highest BCUT2D eigenvalue weighted by molar-refractivity contribution is 6.42. The van der Waals surface area contributed by atoms with Crippen LogP contribution in [0.5, 0.6) is 0 Å². The molecule has 0 aromatic heterocycles. The first kappa shape index (κ1) is 14.6. The van der Waals surface area contributed by atoms with Crippen LogP contribution in [0.15, 0.2) is 18.2 Å². The maximum atomic E-state index is 11.8. The van der Waals surface area contributed by atoms with Crippen LogP contribution in [0.3, 0.4) is 0 Å². The summed E-state index contributed by atoms with van der Waals surface area (Å²) < 4.78 is 35.5. The van der Waals surface area contributed by atoms with E-state index in [0.29, 0.717) is 15.6 Å². The Balaban J connectivity index is 2.58. The predicted molar refractivity (Wildman–Crippen MR) is 60.0 cm³/mol. The third-order valence-electron chi connectivity index (χ3n) is 1.94. The van der Waals surface area contributed by atoms with Crippen molar-refractivity contribution in [3.8, 4) is 0 Å². The number of benzene rings is 1. The van der Waals surface area contributed by atoms with Crippen LogP contribution in [-0.4, -0.2) is 12.8 Å². The molecule has 0 saturated heterocycles. The van der Waals surface area contributed by atoms with Gasteiger partial charge >= 0.3 is 6.18 Å². The fourth-order valence-corrected chi connectivity index (χ4v) is 1.64. The number of rotatable bonds is 4. The Morgan fingerprint density at radius 1 is 1.35 bits per heavy atom. The number of alkyl halides is 3. The molecule has 1 atom stereocenters. The van der Waals surface area contributed by atoms with E-state index >= 15 is 0 Å². The minimum absolute atomic E-state index is 0.296. The van der Waals surface area contributed by atoms with Crippen LogP contribution in [0, 0.1) is 0 Å². The third-order valence-corrected chi connectivity index (χ3v) is 2.78. The molecule has 1 aromatic carbocycles. The largest absolute Gasteiger partial charge is 0.413 e. The first-order chi connectivity index (χ1) is 7.81. The predicted octanol–water partition coefficient (Wildman–Crippen LogP) is 4.14. The van der Waals surface area contributed by atoms with Crippen molar-refractivity contribution in [1.29, 1.82) is 0 Å². The fourth-order valence-electron chi connectivity index (χ4n) is 1.17. The molecule has 2 nitrogen and oxygen atoms in total. The molecule has 0 heterocycles. The summed E-state index contributed by atoms with van der Waals surface area (Å²) in [5, 5.41) is 0.637. The average molecular weight is 288 g/mol. The van der Waals surface area contributed by atoms with Gasteiger partial charge in [0.2, 0.25) is 0 Å². The van der Waals surface area contributed by atoms with Crippen molar-refractivity contribution in [2.24, 2.45) is 0 Å². The van der Waals surface area contributed by atoms with E-state index < -0.39 is 18.8 Å². The van der Waals surface area contributed by atoms with Crippen molar-refractivity contribution in [1.82, 2.24) is 5.48 Å². The second-order valence-corrected chi connectivity index (χ2v) is 4.17. The minimum Gasteiger partial charge on any atom is -0.292 e. The van der Waals surface area contributed by atoms with E-state index in [0.717, 1.165) is 0 Å². The zero-order valence-corrected chi connectivity index (χ0v) is 10.3. The van der Waals surface area contributed by atoms with E-state index in [9.17, 15) is 13.2 Å². The average Bonchev–Trinajstić information content (AvgIpc) is 2.20. The number of nitrogens with one attached hydrogen (secondary N) is 1. The number of hydrogen-bond donors (Lipinski definition) is 1. The molecule has 0 amide bonds. The molecule has 1 N–H and O–H groups in total. The lowest BCUT2D eigenvalue weighted by Gasteiger charge is -2.16. The molecule has 0 aliphatic heterocycles. The molecule has 96 valence electrons. The summed E-state index contributed by atoms with van der Waals surface area (Å²) in [6.45, 7) is 0.253. The number of hydrogen-bond acceptors (Lipinski definition) is 2. The van der Waals surface area contributed by atoms with Crippen LogP contribution in [0.25, 0.3) is 0 Å². The van der Waals surface area contributed by atoms with Gasteiger partial charge in [-0.15, -0.1) is 0 Å². The summed E-state index contributed by atoms with van der Waals surface area (Å²) >= 11 is 11.7. The Hall–Kier alpha value is -0.490. The second kappa shape index (κ2) is 5.91. The van der Waals surface area contributed by atoms with Gasteiger partial charge in [-0.25, -0.2) is 0 Å². The van der Waals surface area contributed by atoms with Crippen LogP contribution >= 0.6 is 23.2 Å². The van der Waals surface area contributed by atoms with Crippen LogP contribution in [0.1, 0.15) is 18.5 Å². The van der Waals surface area contributed by atoms with Gasteiger partial charge in [0.15, 0.2) is 6.61 Å². The Bertz CT molecular complexity index is 384. The highest BCUT2D eigenvalue weighted by Crippen LogP contribution is 2.29. The third kappa shape index (κ3) is 4.71. The van der Waals surface area contributed by atoms with Gasteiger partial charge in [-0.3, -0.25) is 4.84 Å². The molecule has 0 spiro atoms. The molecule has 0 bridgehead atoms. The Morgan fingerprint density at radius 2 is 2.00 bits per heavy atom. The summed E-state index contributed by atoms with van der Waals surface area (Å²) in [5.41, 5.74) is 2.83. The monoisotopic (exact) mass is 287 g/mol. The van der Waals surface area contributed by atoms with Crippen LogP contribution in [-0.2, 0) is 4.84 Å². The van der Waals surface area contributed by atoms with Crippen molar-refractivity contribution in [2.75, 3.05) is 6.61 Å². The first-order valence-corrected chi connectivity index (χ1v) is 5.45. The standard InChI is InChI=1S/C10H10Cl2F3NO/c1-6(16-17-5-10(13,14)15)7-3-2-4-8(11)9(7)12/h2-4,6,16H,5H2,1H3. The topological polar surface area (TPSA) is 21.3 Å². The molecular weight excluding hydrogens is 278 g/mol. The Kier molecular flexibility index (Phi) is 5.06. The van der Waals surface area contributed by atoms with Crippen LogP contribution in [0.4, 0.5) is 13.2 Å². The van der Waals surface area contributed by atoms with Crippen molar-refractivity contribution in [3.05, 3.63) is 33.8 Å². The SMILES string of the molecule is CC(NOCC(F)(F)F)c1cccc(Cl)c1Cl. The second-order valence-electron chi connectivity index (χ2n) is 3.39. The fraction of sp³-hybridized carbons (Fsp3) is 0.400. The smallest absolute Gasteiger partial charge is 0.292 e. The highest BCUT2D eigenvalue weighted by Gasteiger charge is 2.28. The quantitative estimate of drug-likeness (QED) is 0.841. The molecule has 1 rings (SSSR count). The summed E-state index contributed by atoms with van der Waals surface area (Å²) in [5.74, 6) is 0. The lowest BCUT2D eigenvalue weighted by atomic mass is 10.1. The van der Waals surface area contributed by atoms with Gasteiger partial charge < -0.3 is 0 Å². The Labute approximate surface area is 107 Å². The summed E-state index contributed by atoms with van der Waals surface area (Å²) in [6.07, 6.45) is -4.37. The van der Waals surface area contributed by atoms with Crippen LogP contribution in [0.2, 0.25) is 10.0 Å². The molecular formula is C10H10Cl2F3NO. The van der Waals surface area contributed by atoms with Crippen molar-refractivity contribution >= 4 is 23.2 Å². The van der Waals surface area contributed by atoms with Gasteiger partial charge in [0.1, 0.15) is 0 Å². The molecule has 17 heavy (non-hydrogen) atoms. The number of hydroxylamine groups is 1. The molecule has 0 radical (unpaired) electrons. The first-order valence-electron chi connectivity index (χ1n) is 4.69. The van der Waals surface area contributed by atoms with Gasteiger partial charge in [0.25, 0.3) is 0 Å². The lowest BCUT2D eigenvalue weighted by Crippen LogP contribution is -2.26. The Morgan fingerprint density at radius 3 is 2.59 bits per heavy atom. The normalized spacial score (nSPS) is 13.8. The molecule has 0 aliphatic rings. The van der Waals surface area contributed by atoms with E-state index in [1.165, 1.54) is 0 Å². The zero-order chi connectivity index (χ0) is 13.1. The lowest BCUT2D eigenvalue weighted by molar-refractivity contribution is -0.192. The number of halogens is 5. The van der Waals surface area contributed by atoms with Gasteiger partial charge in [-0.2, -0.15) is 18.7 Å². The molecule has 0 fully saturated rings. The molecule has 1 aromatic rings. The maximum absolute atomic E-state index is 11.8. The van der Waals surface area contributed by atoms with E-state index in [1.807, 2.05) is 0 Å².